The van der Waals surface area contributed by atoms with Gasteiger partial charge in [0.15, 0.2) is 5.65 Å². The number of anilines is 1. The van der Waals surface area contributed by atoms with E-state index in [1.807, 2.05) is 71.6 Å². The fraction of sp³-hybridized carbons (Fsp3) is 0.148. The maximum Gasteiger partial charge on any atom is 0.259 e. The first-order valence-electron chi connectivity index (χ1n) is 11.6. The van der Waals surface area contributed by atoms with Crippen LogP contribution in [0.25, 0.3) is 28.2 Å². The zero-order valence-electron chi connectivity index (χ0n) is 19.0. The molecule has 8 heteroatoms. The Bertz CT molecular complexity index is 1460. The third-order valence-electron chi connectivity index (χ3n) is 6.24. The zero-order valence-corrected chi connectivity index (χ0v) is 19.0. The number of carbonyl (C=O) groups is 1. The Morgan fingerprint density at radius 1 is 0.771 bits per heavy atom. The van der Waals surface area contributed by atoms with Crippen LogP contribution in [0.15, 0.2) is 91.4 Å². The van der Waals surface area contributed by atoms with Crippen molar-refractivity contribution in [2.45, 2.75) is 0 Å². The van der Waals surface area contributed by atoms with Crippen molar-refractivity contribution in [2.75, 3.05) is 31.1 Å². The molecule has 1 fully saturated rings. The summed E-state index contributed by atoms with van der Waals surface area (Å²) in [5, 5.41) is 4.58. The fourth-order valence-corrected chi connectivity index (χ4v) is 4.42. The molecule has 0 saturated carbocycles. The summed E-state index contributed by atoms with van der Waals surface area (Å²) in [5.74, 6) is 0.627. The van der Waals surface area contributed by atoms with Gasteiger partial charge in [0, 0.05) is 49.7 Å². The third kappa shape index (κ3) is 3.99. The number of benzene rings is 2. The Kier molecular flexibility index (Phi) is 5.38. The maximum atomic E-state index is 13.6. The van der Waals surface area contributed by atoms with Crippen LogP contribution in [0.3, 0.4) is 0 Å². The minimum absolute atomic E-state index is 0.0645. The highest BCUT2D eigenvalue weighted by molar-refractivity contribution is 6.00. The molecule has 4 heterocycles. The van der Waals surface area contributed by atoms with Gasteiger partial charge in [-0.15, -0.1) is 0 Å². The molecule has 0 bridgehead atoms. The molecular formula is C27H23N7O. The van der Waals surface area contributed by atoms with Crippen LogP contribution in [0, 0.1) is 0 Å². The van der Waals surface area contributed by atoms with Gasteiger partial charge in [0.05, 0.1) is 17.6 Å². The van der Waals surface area contributed by atoms with E-state index in [1.54, 1.807) is 29.2 Å². The molecule has 5 aromatic rings. The second kappa shape index (κ2) is 8.98. The summed E-state index contributed by atoms with van der Waals surface area (Å²) in [4.78, 5) is 31.1. The average molecular weight is 462 g/mol. The van der Waals surface area contributed by atoms with Crippen molar-refractivity contribution in [1.82, 2.24) is 29.5 Å². The lowest BCUT2D eigenvalue weighted by atomic mass is 10.1. The summed E-state index contributed by atoms with van der Waals surface area (Å²) in [5.41, 5.74) is 4.75. The second-order valence-electron chi connectivity index (χ2n) is 8.38. The molecule has 8 nitrogen and oxygen atoms in total. The predicted molar refractivity (Wildman–Crippen MR) is 134 cm³/mol. The van der Waals surface area contributed by atoms with Gasteiger partial charge in [-0.25, -0.2) is 19.5 Å². The summed E-state index contributed by atoms with van der Waals surface area (Å²) < 4.78 is 1.77. The predicted octanol–water partition coefficient (Wildman–Crippen LogP) is 3.82. The summed E-state index contributed by atoms with van der Waals surface area (Å²) in [7, 11) is 0. The van der Waals surface area contributed by atoms with Gasteiger partial charge in [0.25, 0.3) is 5.91 Å². The van der Waals surface area contributed by atoms with Gasteiger partial charge in [-0.05, 0) is 12.1 Å². The highest BCUT2D eigenvalue weighted by Gasteiger charge is 2.27. The van der Waals surface area contributed by atoms with Crippen LogP contribution < -0.4 is 4.90 Å². The molecule has 0 unspecified atom stereocenters. The van der Waals surface area contributed by atoms with Crippen LogP contribution >= 0.6 is 0 Å². The van der Waals surface area contributed by atoms with Crippen LogP contribution in [0.4, 0.5) is 5.95 Å². The summed E-state index contributed by atoms with van der Waals surface area (Å²) in [6, 6.07) is 23.9. The van der Waals surface area contributed by atoms with Crippen molar-refractivity contribution in [1.29, 1.82) is 0 Å². The van der Waals surface area contributed by atoms with Crippen LogP contribution in [0.1, 0.15) is 10.4 Å². The highest BCUT2D eigenvalue weighted by atomic mass is 16.2. The smallest absolute Gasteiger partial charge is 0.259 e. The molecule has 2 aromatic carbocycles. The minimum atomic E-state index is -0.0645. The van der Waals surface area contributed by atoms with Crippen molar-refractivity contribution in [3.05, 3.63) is 97.0 Å². The largest absolute Gasteiger partial charge is 0.337 e. The van der Waals surface area contributed by atoms with E-state index in [-0.39, 0.29) is 5.91 Å². The van der Waals surface area contributed by atoms with Crippen LogP contribution in [-0.2, 0) is 0 Å². The number of nitrogens with zero attached hydrogens (tertiary/aromatic N) is 7. The van der Waals surface area contributed by atoms with Crippen molar-refractivity contribution in [3.8, 4) is 22.5 Å². The van der Waals surface area contributed by atoms with Gasteiger partial charge in [-0.2, -0.15) is 5.10 Å². The number of hydrogen-bond acceptors (Lipinski definition) is 6. The van der Waals surface area contributed by atoms with Crippen LogP contribution in [0.2, 0.25) is 0 Å². The molecule has 0 aliphatic carbocycles. The molecule has 0 atom stereocenters. The standard InChI is InChI=1S/C27H23N7O/c35-26(32-14-16-33(17-15-32)27-28-12-7-13-29-27)22-19-30-34-24(21-10-5-2-6-11-21)18-23(31-25(22)34)20-8-3-1-4-9-20/h1-13,18-19H,14-17H2. The molecule has 1 saturated heterocycles. The molecule has 172 valence electrons. The third-order valence-corrected chi connectivity index (χ3v) is 6.24. The summed E-state index contributed by atoms with van der Waals surface area (Å²) >= 11 is 0. The van der Waals surface area contributed by atoms with E-state index in [4.69, 9.17) is 4.98 Å². The number of hydrogen-bond donors (Lipinski definition) is 0. The molecule has 0 N–H and O–H groups in total. The molecule has 6 rings (SSSR count). The number of carbonyl (C=O) groups excluding carboxylic acids is 1. The normalized spacial score (nSPS) is 13.8. The molecule has 35 heavy (non-hydrogen) atoms. The van der Waals surface area contributed by atoms with Crippen LogP contribution in [-0.4, -0.2) is 61.6 Å². The van der Waals surface area contributed by atoms with Gasteiger partial charge in [0.1, 0.15) is 5.56 Å². The number of rotatable bonds is 4. The number of aromatic nitrogens is 5. The van der Waals surface area contributed by atoms with Gasteiger partial charge < -0.3 is 9.80 Å². The Balaban J connectivity index is 1.36. The van der Waals surface area contributed by atoms with Gasteiger partial charge in [-0.1, -0.05) is 60.7 Å². The Morgan fingerprint density at radius 2 is 1.43 bits per heavy atom. The number of piperazine rings is 1. The molecule has 3 aromatic heterocycles. The summed E-state index contributed by atoms with van der Waals surface area (Å²) in [6.45, 7) is 2.51. The van der Waals surface area contributed by atoms with Crippen molar-refractivity contribution in [2.24, 2.45) is 0 Å². The first-order chi connectivity index (χ1) is 17.3. The number of amides is 1. The SMILES string of the molecule is O=C(c1cnn2c(-c3ccccc3)cc(-c3ccccc3)nc12)N1CCN(c2ncccn2)CC1. The molecule has 0 spiro atoms. The van der Waals surface area contributed by atoms with Gasteiger partial charge >= 0.3 is 0 Å². The molecular weight excluding hydrogens is 438 g/mol. The highest BCUT2D eigenvalue weighted by Crippen LogP contribution is 2.28. The van der Waals surface area contributed by atoms with E-state index < -0.39 is 0 Å². The van der Waals surface area contributed by atoms with Gasteiger partial charge in [-0.3, -0.25) is 4.79 Å². The number of fused-ring (bicyclic) bond motifs is 1. The minimum Gasteiger partial charge on any atom is -0.337 e. The Labute approximate surface area is 202 Å². The Morgan fingerprint density at radius 3 is 2.11 bits per heavy atom. The van der Waals surface area contributed by atoms with Crippen LogP contribution in [0.5, 0.6) is 0 Å². The summed E-state index contributed by atoms with van der Waals surface area (Å²) in [6.07, 6.45) is 5.11. The monoisotopic (exact) mass is 461 g/mol. The zero-order chi connectivity index (χ0) is 23.6. The topological polar surface area (TPSA) is 79.5 Å². The Hall–Kier alpha value is -4.59. The van der Waals surface area contributed by atoms with E-state index in [9.17, 15) is 4.79 Å². The lowest BCUT2D eigenvalue weighted by molar-refractivity contribution is 0.0748. The molecule has 0 radical (unpaired) electrons. The van der Waals surface area contributed by atoms with Crippen molar-refractivity contribution in [3.63, 3.8) is 0 Å². The first-order valence-corrected chi connectivity index (χ1v) is 11.6. The maximum absolute atomic E-state index is 13.6. The van der Waals surface area contributed by atoms with E-state index in [0.717, 1.165) is 22.5 Å². The lowest BCUT2D eigenvalue weighted by Gasteiger charge is -2.34. The second-order valence-corrected chi connectivity index (χ2v) is 8.38. The average Bonchev–Trinajstić information content (AvgIpc) is 3.38. The lowest BCUT2D eigenvalue weighted by Crippen LogP contribution is -2.49. The van der Waals surface area contributed by atoms with Gasteiger partial charge in [0.2, 0.25) is 5.95 Å². The molecule has 1 amide bonds. The van der Waals surface area contributed by atoms with E-state index in [2.05, 4.69) is 20.0 Å². The van der Waals surface area contributed by atoms with E-state index in [0.29, 0.717) is 43.3 Å². The van der Waals surface area contributed by atoms with E-state index in [1.165, 1.54) is 0 Å². The fourth-order valence-electron chi connectivity index (χ4n) is 4.42. The van der Waals surface area contributed by atoms with Crippen molar-refractivity contribution < 1.29 is 4.79 Å². The quantitative estimate of drug-likeness (QED) is 0.405. The van der Waals surface area contributed by atoms with E-state index >= 15 is 0 Å². The van der Waals surface area contributed by atoms with Crippen molar-refractivity contribution >= 4 is 17.5 Å². The molecule has 1 aliphatic heterocycles. The first kappa shape index (κ1) is 21.0. The molecule has 1 aliphatic rings.